The molecule has 0 rings (SSSR count). The molecule has 0 amide bonds. The summed E-state index contributed by atoms with van der Waals surface area (Å²) in [5.41, 5.74) is 0. The molecule has 1 N–H and O–H groups in total. The van der Waals surface area contributed by atoms with E-state index in [2.05, 4.69) is 19.2 Å². The van der Waals surface area contributed by atoms with Gasteiger partial charge in [-0.3, -0.25) is 0 Å². The van der Waals surface area contributed by atoms with Crippen LogP contribution in [0.25, 0.3) is 0 Å². The molecule has 68 valence electrons. The lowest BCUT2D eigenvalue weighted by Crippen LogP contribution is -2.29. The van der Waals surface area contributed by atoms with Gasteiger partial charge in [-0.05, 0) is 32.7 Å². The first-order valence-electron chi connectivity index (χ1n) is 4.58. The van der Waals surface area contributed by atoms with Crippen molar-refractivity contribution in [3.05, 3.63) is 0 Å². The van der Waals surface area contributed by atoms with Crippen LogP contribution in [0.4, 0.5) is 0 Å². The summed E-state index contributed by atoms with van der Waals surface area (Å²) in [6.07, 6.45) is 3.50. The van der Waals surface area contributed by atoms with Crippen molar-refractivity contribution in [2.45, 2.75) is 51.5 Å². The van der Waals surface area contributed by atoms with Crippen LogP contribution >= 0.6 is 11.6 Å². The monoisotopic (exact) mass is 177 g/mol. The molecule has 0 aromatic rings. The van der Waals surface area contributed by atoms with Gasteiger partial charge in [0.2, 0.25) is 0 Å². The van der Waals surface area contributed by atoms with E-state index in [1.54, 1.807) is 0 Å². The molecule has 1 nitrogen and oxygen atoms in total. The average Bonchev–Trinajstić information content (AvgIpc) is 1.98. The Bertz CT molecular complexity index is 79.6. The molecule has 0 aromatic carbocycles. The smallest absolute Gasteiger partial charge is 0.0319 e. The first-order chi connectivity index (χ1) is 5.20. The Morgan fingerprint density at radius 2 is 1.82 bits per heavy atom. The first-order valence-corrected chi connectivity index (χ1v) is 5.01. The molecule has 0 heterocycles. The van der Waals surface area contributed by atoms with Crippen LogP contribution in [0.15, 0.2) is 0 Å². The quantitative estimate of drug-likeness (QED) is 0.616. The largest absolute Gasteiger partial charge is 0.314 e. The molecule has 1 unspecified atom stereocenters. The van der Waals surface area contributed by atoms with Crippen LogP contribution in [0.2, 0.25) is 0 Å². The number of nitrogens with one attached hydrogen (secondary N) is 1. The van der Waals surface area contributed by atoms with Gasteiger partial charge in [-0.25, -0.2) is 0 Å². The highest BCUT2D eigenvalue weighted by atomic mass is 35.5. The zero-order chi connectivity index (χ0) is 8.69. The zero-order valence-electron chi connectivity index (χ0n) is 7.86. The summed E-state index contributed by atoms with van der Waals surface area (Å²) in [6.45, 7) is 7.52. The molecule has 2 heteroatoms. The third-order valence-corrected chi connectivity index (χ3v) is 2.18. The van der Waals surface area contributed by atoms with Crippen LogP contribution < -0.4 is 5.32 Å². The number of alkyl halides is 1. The van der Waals surface area contributed by atoms with Crippen molar-refractivity contribution in [1.29, 1.82) is 0 Å². The Labute approximate surface area is 75.5 Å². The molecule has 0 aliphatic carbocycles. The van der Waals surface area contributed by atoms with Crippen LogP contribution in [0.3, 0.4) is 0 Å². The number of hydrogen-bond donors (Lipinski definition) is 1. The van der Waals surface area contributed by atoms with Crippen molar-refractivity contribution in [1.82, 2.24) is 5.32 Å². The summed E-state index contributed by atoms with van der Waals surface area (Å²) in [7, 11) is 0. The molecule has 11 heavy (non-hydrogen) atoms. The second kappa shape index (κ2) is 6.93. The summed E-state index contributed by atoms with van der Waals surface area (Å²) in [4.78, 5) is 0. The molecule has 0 saturated heterocycles. The van der Waals surface area contributed by atoms with Crippen molar-refractivity contribution >= 4 is 11.6 Å². The maximum atomic E-state index is 5.81. The van der Waals surface area contributed by atoms with Crippen LogP contribution in [-0.2, 0) is 0 Å². The van der Waals surface area contributed by atoms with E-state index in [-0.39, 0.29) is 0 Å². The molecular weight excluding hydrogens is 158 g/mol. The van der Waals surface area contributed by atoms with E-state index >= 15 is 0 Å². The standard InChI is InChI=1S/C9H20ClN/c1-4-9(5-2)11-7-6-8(3)10/h8-9,11H,4-7H2,1-3H3. The molecule has 0 bridgehead atoms. The summed E-state index contributed by atoms with van der Waals surface area (Å²) in [6, 6.07) is 0.686. The second-order valence-electron chi connectivity index (χ2n) is 3.04. The molecule has 0 aromatic heterocycles. The Hall–Kier alpha value is 0.250. The molecule has 0 spiro atoms. The lowest BCUT2D eigenvalue weighted by atomic mass is 10.1. The number of halogens is 1. The molecule has 0 aliphatic heterocycles. The van der Waals surface area contributed by atoms with E-state index < -0.39 is 0 Å². The summed E-state index contributed by atoms with van der Waals surface area (Å²) < 4.78 is 0. The predicted octanol–water partition coefficient (Wildman–Crippen LogP) is 2.78. The van der Waals surface area contributed by atoms with E-state index in [1.807, 2.05) is 6.92 Å². The predicted molar refractivity (Wildman–Crippen MR) is 52.3 cm³/mol. The van der Waals surface area contributed by atoms with E-state index in [4.69, 9.17) is 11.6 Å². The van der Waals surface area contributed by atoms with Gasteiger partial charge in [0.05, 0.1) is 0 Å². The van der Waals surface area contributed by atoms with Crippen LogP contribution in [0.5, 0.6) is 0 Å². The van der Waals surface area contributed by atoms with Gasteiger partial charge in [-0.2, -0.15) is 0 Å². The third-order valence-electron chi connectivity index (χ3n) is 1.96. The Morgan fingerprint density at radius 1 is 1.27 bits per heavy atom. The third kappa shape index (κ3) is 6.64. The minimum atomic E-state index is 0.303. The van der Waals surface area contributed by atoms with Crippen LogP contribution in [0.1, 0.15) is 40.0 Å². The Kier molecular flexibility index (Phi) is 7.09. The minimum Gasteiger partial charge on any atom is -0.314 e. The summed E-state index contributed by atoms with van der Waals surface area (Å²) in [5.74, 6) is 0. The van der Waals surface area contributed by atoms with Gasteiger partial charge >= 0.3 is 0 Å². The highest BCUT2D eigenvalue weighted by Crippen LogP contribution is 2.00. The lowest BCUT2D eigenvalue weighted by Gasteiger charge is -2.14. The van der Waals surface area contributed by atoms with Gasteiger partial charge in [-0.1, -0.05) is 13.8 Å². The van der Waals surface area contributed by atoms with E-state index in [0.29, 0.717) is 11.4 Å². The Morgan fingerprint density at radius 3 is 2.18 bits per heavy atom. The highest BCUT2D eigenvalue weighted by molar-refractivity contribution is 6.20. The number of hydrogen-bond acceptors (Lipinski definition) is 1. The van der Waals surface area contributed by atoms with Gasteiger partial charge in [0.15, 0.2) is 0 Å². The normalized spacial score (nSPS) is 13.9. The SMILES string of the molecule is CCC(CC)NCCC(C)Cl. The average molecular weight is 178 g/mol. The first kappa shape index (κ1) is 11.2. The van der Waals surface area contributed by atoms with Crippen molar-refractivity contribution < 1.29 is 0 Å². The zero-order valence-corrected chi connectivity index (χ0v) is 8.62. The fourth-order valence-corrected chi connectivity index (χ4v) is 1.17. The van der Waals surface area contributed by atoms with Crippen molar-refractivity contribution in [3.63, 3.8) is 0 Å². The minimum absolute atomic E-state index is 0.303. The maximum Gasteiger partial charge on any atom is 0.0319 e. The van der Waals surface area contributed by atoms with Crippen molar-refractivity contribution in [3.8, 4) is 0 Å². The fraction of sp³-hybridized carbons (Fsp3) is 1.00. The molecule has 0 saturated carbocycles. The number of rotatable bonds is 6. The molecule has 1 atom stereocenters. The van der Waals surface area contributed by atoms with Crippen LogP contribution in [-0.4, -0.2) is 18.0 Å². The molecule has 0 radical (unpaired) electrons. The molecule has 0 aliphatic rings. The topological polar surface area (TPSA) is 12.0 Å². The van der Waals surface area contributed by atoms with Gasteiger partial charge in [0.25, 0.3) is 0 Å². The maximum absolute atomic E-state index is 5.81. The van der Waals surface area contributed by atoms with E-state index in [1.165, 1.54) is 12.8 Å². The van der Waals surface area contributed by atoms with E-state index in [9.17, 15) is 0 Å². The van der Waals surface area contributed by atoms with Crippen molar-refractivity contribution in [2.75, 3.05) is 6.54 Å². The Balaban J connectivity index is 3.21. The van der Waals surface area contributed by atoms with Gasteiger partial charge in [0, 0.05) is 11.4 Å². The van der Waals surface area contributed by atoms with Gasteiger partial charge in [-0.15, -0.1) is 11.6 Å². The van der Waals surface area contributed by atoms with Gasteiger partial charge in [0.1, 0.15) is 0 Å². The lowest BCUT2D eigenvalue weighted by molar-refractivity contribution is 0.478. The van der Waals surface area contributed by atoms with Crippen molar-refractivity contribution in [2.24, 2.45) is 0 Å². The summed E-state index contributed by atoms with van der Waals surface area (Å²) >= 11 is 5.81. The summed E-state index contributed by atoms with van der Waals surface area (Å²) in [5, 5.41) is 3.77. The van der Waals surface area contributed by atoms with Crippen LogP contribution in [0, 0.1) is 0 Å². The van der Waals surface area contributed by atoms with E-state index in [0.717, 1.165) is 13.0 Å². The molecular formula is C9H20ClN. The highest BCUT2D eigenvalue weighted by Gasteiger charge is 2.01. The van der Waals surface area contributed by atoms with Gasteiger partial charge < -0.3 is 5.32 Å². The fourth-order valence-electron chi connectivity index (χ4n) is 1.06. The second-order valence-corrected chi connectivity index (χ2v) is 3.78. The molecule has 0 fully saturated rings.